The van der Waals surface area contributed by atoms with Gasteiger partial charge in [-0.05, 0) is 54.6 Å². The number of imidazole rings is 1. The van der Waals surface area contributed by atoms with Gasteiger partial charge in [0.25, 0.3) is 0 Å². The fraction of sp³-hybridized carbons (Fsp3) is 0.308. The summed E-state index contributed by atoms with van der Waals surface area (Å²) in [5.41, 5.74) is -0.200. The smallest absolute Gasteiger partial charge is 0.422 e. The van der Waals surface area contributed by atoms with E-state index in [1.54, 1.807) is 32.0 Å². The lowest BCUT2D eigenvalue weighted by atomic mass is 10.3. The van der Waals surface area contributed by atoms with Crippen LogP contribution in [0.5, 0.6) is 0 Å². The van der Waals surface area contributed by atoms with Gasteiger partial charge in [0, 0.05) is 3.57 Å². The summed E-state index contributed by atoms with van der Waals surface area (Å²) in [7, 11) is 0. The van der Waals surface area contributed by atoms with Crippen molar-refractivity contribution in [3.8, 4) is 0 Å². The van der Waals surface area contributed by atoms with Crippen LogP contribution in [0, 0.1) is 3.57 Å². The van der Waals surface area contributed by atoms with E-state index in [1.165, 1.54) is 0 Å². The molecule has 0 atom stereocenters. The van der Waals surface area contributed by atoms with E-state index in [0.29, 0.717) is 11.0 Å². The van der Waals surface area contributed by atoms with Crippen LogP contribution in [-0.2, 0) is 9.47 Å². The zero-order valence-electron chi connectivity index (χ0n) is 11.5. The maximum Gasteiger partial charge on any atom is 0.422 e. The van der Waals surface area contributed by atoms with Gasteiger partial charge in [0.2, 0.25) is 0 Å². The number of benzene rings is 1. The number of hydrogen-bond donors (Lipinski definition) is 0. The van der Waals surface area contributed by atoms with Crippen LogP contribution in [0.2, 0.25) is 0 Å². The minimum absolute atomic E-state index is 0.126. The van der Waals surface area contributed by atoms with Gasteiger partial charge < -0.3 is 9.47 Å². The Hall–Kier alpha value is -1.84. The molecule has 1 aromatic carbocycles. The molecule has 0 fully saturated rings. The van der Waals surface area contributed by atoms with Crippen molar-refractivity contribution in [1.82, 2.24) is 9.13 Å². The van der Waals surface area contributed by atoms with Gasteiger partial charge in [0.05, 0.1) is 24.2 Å². The highest BCUT2D eigenvalue weighted by Gasteiger charge is 2.23. The van der Waals surface area contributed by atoms with Gasteiger partial charge in [-0.3, -0.25) is 0 Å². The average Bonchev–Trinajstić information content (AvgIpc) is 2.70. The molecule has 0 saturated carbocycles. The highest BCUT2D eigenvalue weighted by molar-refractivity contribution is 14.1. The third kappa shape index (κ3) is 2.80. The summed E-state index contributed by atoms with van der Waals surface area (Å²) >= 11 is 2.05. The molecule has 0 saturated heterocycles. The van der Waals surface area contributed by atoms with Gasteiger partial charge in [0.15, 0.2) is 0 Å². The molecule has 2 rings (SSSR count). The van der Waals surface area contributed by atoms with Crippen molar-refractivity contribution >= 4 is 45.8 Å². The van der Waals surface area contributed by atoms with E-state index in [0.717, 1.165) is 12.7 Å². The summed E-state index contributed by atoms with van der Waals surface area (Å²) in [6, 6.07) is 4.95. The number of carbonyl (C=O) groups excluding carboxylic acids is 2. The van der Waals surface area contributed by atoms with Crippen LogP contribution in [0.1, 0.15) is 13.8 Å². The van der Waals surface area contributed by atoms with Crippen molar-refractivity contribution in [2.24, 2.45) is 0 Å². The lowest BCUT2D eigenvalue weighted by Crippen LogP contribution is -2.33. The molecule has 21 heavy (non-hydrogen) atoms. The summed E-state index contributed by atoms with van der Waals surface area (Å²) in [6.45, 7) is 3.52. The summed E-state index contributed by atoms with van der Waals surface area (Å²) in [5.74, 6) is 0. The Morgan fingerprint density at radius 2 is 1.57 bits per heavy atom. The Morgan fingerprint density at radius 3 is 2.10 bits per heavy atom. The van der Waals surface area contributed by atoms with E-state index in [4.69, 9.17) is 9.47 Å². The van der Waals surface area contributed by atoms with Crippen molar-refractivity contribution in [2.45, 2.75) is 13.8 Å². The predicted molar refractivity (Wildman–Crippen MR) is 83.8 cm³/mol. The number of ether oxygens (including phenoxy) is 2. The van der Waals surface area contributed by atoms with E-state index in [9.17, 15) is 14.4 Å². The van der Waals surface area contributed by atoms with Gasteiger partial charge in [-0.2, -0.15) is 9.13 Å². The van der Waals surface area contributed by atoms with Crippen LogP contribution in [-0.4, -0.2) is 34.5 Å². The van der Waals surface area contributed by atoms with E-state index >= 15 is 0 Å². The molecule has 2 aromatic rings. The molecule has 1 aromatic heterocycles. The molecule has 1 heterocycles. The van der Waals surface area contributed by atoms with Gasteiger partial charge in [0.1, 0.15) is 0 Å². The van der Waals surface area contributed by atoms with Crippen LogP contribution < -0.4 is 5.69 Å². The minimum atomic E-state index is -0.822. The third-order valence-corrected chi connectivity index (χ3v) is 3.37. The number of carbonyl (C=O) groups is 2. The number of nitrogens with zero attached hydrogens (tertiary/aromatic N) is 2. The molecule has 0 aliphatic heterocycles. The first-order chi connectivity index (χ1) is 10.0. The Morgan fingerprint density at radius 1 is 1.05 bits per heavy atom. The molecule has 0 amide bonds. The van der Waals surface area contributed by atoms with Crippen molar-refractivity contribution in [2.75, 3.05) is 13.2 Å². The first-order valence-corrected chi connectivity index (χ1v) is 7.36. The highest BCUT2D eigenvalue weighted by Crippen LogP contribution is 2.17. The highest BCUT2D eigenvalue weighted by atomic mass is 127. The van der Waals surface area contributed by atoms with E-state index in [2.05, 4.69) is 22.6 Å². The Balaban J connectivity index is 2.76. The lowest BCUT2D eigenvalue weighted by Gasteiger charge is -2.01. The Labute approximate surface area is 133 Å². The topological polar surface area (TPSA) is 79.5 Å². The third-order valence-electron chi connectivity index (χ3n) is 2.70. The van der Waals surface area contributed by atoms with E-state index in [-0.39, 0.29) is 13.2 Å². The maximum atomic E-state index is 12.4. The van der Waals surface area contributed by atoms with E-state index in [1.807, 2.05) is 0 Å². The summed E-state index contributed by atoms with van der Waals surface area (Å²) < 4.78 is 12.2. The fourth-order valence-electron chi connectivity index (χ4n) is 1.90. The van der Waals surface area contributed by atoms with Crippen LogP contribution in [0.15, 0.2) is 23.0 Å². The second kappa shape index (κ2) is 6.29. The number of hydrogen-bond acceptors (Lipinski definition) is 5. The second-order valence-corrected chi connectivity index (χ2v) is 5.23. The zero-order chi connectivity index (χ0) is 15.6. The number of halogens is 1. The molecule has 0 radical (unpaired) electrons. The van der Waals surface area contributed by atoms with Crippen molar-refractivity contribution in [3.63, 3.8) is 0 Å². The largest absolute Gasteiger partial charge is 0.449 e. The Bertz CT molecular complexity index is 762. The van der Waals surface area contributed by atoms with Crippen molar-refractivity contribution in [1.29, 1.82) is 0 Å². The molecular formula is C13H13IN2O5. The molecule has 0 bridgehead atoms. The fourth-order valence-corrected chi connectivity index (χ4v) is 2.37. The minimum Gasteiger partial charge on any atom is -0.449 e. The molecular weight excluding hydrogens is 391 g/mol. The van der Waals surface area contributed by atoms with Crippen LogP contribution >= 0.6 is 22.6 Å². The number of rotatable bonds is 2. The first kappa shape index (κ1) is 15.5. The van der Waals surface area contributed by atoms with Crippen molar-refractivity contribution < 1.29 is 19.1 Å². The second-order valence-electron chi connectivity index (χ2n) is 3.98. The van der Waals surface area contributed by atoms with Gasteiger partial charge in [-0.1, -0.05) is 0 Å². The summed E-state index contributed by atoms with van der Waals surface area (Å²) in [5, 5.41) is 0. The average molecular weight is 404 g/mol. The summed E-state index contributed by atoms with van der Waals surface area (Å²) in [4.78, 5) is 36.2. The first-order valence-electron chi connectivity index (χ1n) is 6.28. The molecule has 8 heteroatoms. The molecule has 0 spiro atoms. The predicted octanol–water partition coefficient (Wildman–Crippen LogP) is 2.42. The molecule has 0 N–H and O–H groups in total. The molecule has 7 nitrogen and oxygen atoms in total. The molecule has 0 aliphatic carbocycles. The standard InChI is InChI=1S/C13H13IN2O5/c1-3-20-12(18)15-9-6-5-8(14)7-10(9)16(11(15)17)13(19)21-4-2/h5-7H,3-4H2,1-2H3. The zero-order valence-corrected chi connectivity index (χ0v) is 13.6. The van der Waals surface area contributed by atoms with E-state index < -0.39 is 17.9 Å². The summed E-state index contributed by atoms with van der Waals surface area (Å²) in [6.07, 6.45) is -1.64. The number of fused-ring (bicyclic) bond motifs is 1. The van der Waals surface area contributed by atoms with Crippen LogP contribution in [0.4, 0.5) is 9.59 Å². The van der Waals surface area contributed by atoms with Gasteiger partial charge in [-0.25, -0.2) is 14.4 Å². The molecule has 0 aliphatic rings. The monoisotopic (exact) mass is 404 g/mol. The normalized spacial score (nSPS) is 10.6. The maximum absolute atomic E-state index is 12.4. The SMILES string of the molecule is CCOC(=O)n1c(=O)n(C(=O)OCC)c2cc(I)ccc21. The Kier molecular flexibility index (Phi) is 4.66. The van der Waals surface area contributed by atoms with Crippen LogP contribution in [0.25, 0.3) is 11.0 Å². The van der Waals surface area contributed by atoms with Crippen LogP contribution in [0.3, 0.4) is 0 Å². The quantitative estimate of drug-likeness (QED) is 0.719. The lowest BCUT2D eigenvalue weighted by molar-refractivity contribution is 0.150. The molecule has 112 valence electrons. The molecule has 0 unspecified atom stereocenters. The van der Waals surface area contributed by atoms with Crippen molar-refractivity contribution in [3.05, 3.63) is 32.3 Å². The van der Waals surface area contributed by atoms with Gasteiger partial charge >= 0.3 is 17.9 Å². The van der Waals surface area contributed by atoms with Gasteiger partial charge in [-0.15, -0.1) is 0 Å². The number of aromatic nitrogens is 2.